The van der Waals surface area contributed by atoms with Gasteiger partial charge in [0.1, 0.15) is 11.3 Å². The number of amides is 1. The normalized spacial score (nSPS) is 18.3. The van der Waals surface area contributed by atoms with Gasteiger partial charge in [-0.3, -0.25) is 9.78 Å². The molecule has 0 radical (unpaired) electrons. The Labute approximate surface area is 189 Å². The Bertz CT molecular complexity index is 1390. The first-order valence-corrected chi connectivity index (χ1v) is 10.7. The third-order valence-corrected chi connectivity index (χ3v) is 5.87. The Kier molecular flexibility index (Phi) is 5.44. The van der Waals surface area contributed by atoms with Crippen molar-refractivity contribution in [3.63, 3.8) is 0 Å². The fourth-order valence-corrected chi connectivity index (χ4v) is 4.42. The number of carbonyl (C=O) groups is 1. The summed E-state index contributed by atoms with van der Waals surface area (Å²) in [6, 6.07) is 10.3. The molecule has 1 saturated heterocycles. The van der Waals surface area contributed by atoms with Crippen molar-refractivity contribution < 1.29 is 13.9 Å². The van der Waals surface area contributed by atoms with Crippen LogP contribution in [0.15, 0.2) is 42.7 Å². The minimum atomic E-state index is -0.612. The summed E-state index contributed by atoms with van der Waals surface area (Å²) in [7, 11) is 0. The van der Waals surface area contributed by atoms with Gasteiger partial charge >= 0.3 is 0 Å². The fraction of sp³-hybridized carbons (Fsp3) is 0.292. The summed E-state index contributed by atoms with van der Waals surface area (Å²) in [5.41, 5.74) is 3.24. The molecule has 1 amide bonds. The molecule has 5 rings (SSSR count). The molecule has 4 heterocycles. The van der Waals surface area contributed by atoms with Gasteiger partial charge in [-0.25, -0.2) is 9.97 Å². The van der Waals surface area contributed by atoms with E-state index in [0.29, 0.717) is 29.2 Å². The van der Waals surface area contributed by atoms with Crippen LogP contribution in [0.2, 0.25) is 0 Å². The minimum absolute atomic E-state index is 0.0250. The van der Waals surface area contributed by atoms with Gasteiger partial charge < -0.3 is 14.6 Å². The summed E-state index contributed by atoms with van der Waals surface area (Å²) < 4.78 is 20.9. The van der Waals surface area contributed by atoms with Gasteiger partial charge in [-0.15, -0.1) is 0 Å². The van der Waals surface area contributed by atoms with E-state index >= 15 is 0 Å². The number of rotatable bonds is 4. The number of pyridine rings is 2. The monoisotopic (exact) mass is 444 g/mol. The second kappa shape index (κ2) is 8.56. The summed E-state index contributed by atoms with van der Waals surface area (Å²) in [6.45, 7) is 2.65. The molecule has 1 fully saturated rings. The predicted molar refractivity (Wildman–Crippen MR) is 120 cm³/mol. The van der Waals surface area contributed by atoms with Crippen molar-refractivity contribution in [1.82, 2.24) is 19.5 Å². The van der Waals surface area contributed by atoms with Gasteiger partial charge in [0.05, 0.1) is 53.3 Å². The number of aromatic nitrogens is 4. The Morgan fingerprint density at radius 3 is 2.91 bits per heavy atom. The number of hydrogen-bond acceptors (Lipinski definition) is 6. The Hall–Kier alpha value is -3.90. The highest BCUT2D eigenvalue weighted by atomic mass is 19.1. The van der Waals surface area contributed by atoms with Crippen LogP contribution in [0.3, 0.4) is 0 Å². The lowest BCUT2D eigenvalue weighted by atomic mass is 10.0. The molecule has 0 saturated carbocycles. The molecule has 33 heavy (non-hydrogen) atoms. The van der Waals surface area contributed by atoms with Crippen LogP contribution in [0.1, 0.15) is 37.2 Å². The third-order valence-electron chi connectivity index (χ3n) is 5.87. The number of nitrogens with one attached hydrogen (secondary N) is 1. The highest BCUT2D eigenvalue weighted by molar-refractivity contribution is 6.03. The zero-order chi connectivity index (χ0) is 22.9. The molecular formula is C24H21FN6O2. The molecule has 1 aliphatic rings. The van der Waals surface area contributed by atoms with E-state index in [0.717, 1.165) is 29.3 Å². The molecule has 0 unspecified atom stereocenters. The van der Waals surface area contributed by atoms with Crippen molar-refractivity contribution in [3.05, 3.63) is 60.1 Å². The summed E-state index contributed by atoms with van der Waals surface area (Å²) in [5, 5.41) is 13.0. The Morgan fingerprint density at radius 2 is 2.15 bits per heavy atom. The van der Waals surface area contributed by atoms with Crippen molar-refractivity contribution in [2.75, 3.05) is 11.9 Å². The first kappa shape index (κ1) is 21.0. The fourth-order valence-electron chi connectivity index (χ4n) is 4.42. The Balaban J connectivity index is 1.60. The Morgan fingerprint density at radius 1 is 1.27 bits per heavy atom. The van der Waals surface area contributed by atoms with Crippen LogP contribution >= 0.6 is 0 Å². The van der Waals surface area contributed by atoms with Crippen LogP contribution in [-0.2, 0) is 16.0 Å². The maximum atomic E-state index is 13.1. The molecule has 2 atom stereocenters. The van der Waals surface area contributed by atoms with Crippen LogP contribution in [0.5, 0.6) is 0 Å². The summed E-state index contributed by atoms with van der Waals surface area (Å²) in [4.78, 5) is 25.7. The van der Waals surface area contributed by atoms with E-state index < -0.39 is 5.95 Å². The quantitative estimate of drug-likeness (QED) is 0.479. The van der Waals surface area contributed by atoms with Gasteiger partial charge in [-0.2, -0.15) is 9.65 Å². The molecule has 1 N–H and O–H groups in total. The number of anilines is 1. The van der Waals surface area contributed by atoms with E-state index in [-0.39, 0.29) is 24.5 Å². The van der Waals surface area contributed by atoms with Crippen molar-refractivity contribution in [2.24, 2.45) is 0 Å². The number of benzene rings is 1. The van der Waals surface area contributed by atoms with Gasteiger partial charge in [0, 0.05) is 18.0 Å². The zero-order valence-corrected chi connectivity index (χ0v) is 18.0. The van der Waals surface area contributed by atoms with Crippen molar-refractivity contribution in [3.8, 4) is 6.07 Å². The molecule has 4 aromatic rings. The number of fused-ring (bicyclic) bond motifs is 3. The number of ether oxygens (including phenoxy) is 1. The lowest BCUT2D eigenvalue weighted by Gasteiger charge is -2.30. The second-order valence-corrected chi connectivity index (χ2v) is 8.19. The van der Waals surface area contributed by atoms with Gasteiger partial charge in [0.25, 0.3) is 0 Å². The number of nitriles is 1. The lowest BCUT2D eigenvalue weighted by molar-refractivity contribution is -0.115. The van der Waals surface area contributed by atoms with Crippen molar-refractivity contribution in [2.45, 2.75) is 38.3 Å². The molecule has 3 aromatic heterocycles. The molecular weight excluding hydrogens is 423 g/mol. The molecule has 0 aliphatic carbocycles. The third kappa shape index (κ3) is 4.13. The highest BCUT2D eigenvalue weighted by Crippen LogP contribution is 2.34. The highest BCUT2D eigenvalue weighted by Gasteiger charge is 2.27. The molecule has 0 spiro atoms. The number of halogens is 1. The maximum Gasteiger partial charge on any atom is 0.232 e. The van der Waals surface area contributed by atoms with E-state index in [2.05, 4.69) is 25.9 Å². The van der Waals surface area contributed by atoms with Gasteiger partial charge in [0.15, 0.2) is 0 Å². The first-order chi connectivity index (χ1) is 16.0. The van der Waals surface area contributed by atoms with Gasteiger partial charge in [0.2, 0.25) is 11.9 Å². The average Bonchev–Trinajstić information content (AvgIpc) is 3.18. The minimum Gasteiger partial charge on any atom is -0.378 e. The predicted octanol–water partition coefficient (Wildman–Crippen LogP) is 3.91. The molecule has 1 aliphatic heterocycles. The summed E-state index contributed by atoms with van der Waals surface area (Å²) in [5.74, 6) is -0.289. The van der Waals surface area contributed by atoms with Crippen LogP contribution in [0.25, 0.3) is 21.9 Å². The van der Waals surface area contributed by atoms with E-state index in [4.69, 9.17) is 9.72 Å². The molecule has 0 bridgehead atoms. The molecule has 8 nitrogen and oxygen atoms in total. The lowest BCUT2D eigenvalue weighted by Crippen LogP contribution is -2.27. The van der Waals surface area contributed by atoms with Crippen molar-refractivity contribution in [1.29, 1.82) is 5.26 Å². The van der Waals surface area contributed by atoms with E-state index in [1.54, 1.807) is 12.3 Å². The summed E-state index contributed by atoms with van der Waals surface area (Å²) >= 11 is 0. The standard InChI is InChI=1S/C24H21FN6O2/c1-14-8-17(6-7-33-14)31-22(10-23(32)29-16-3-5-21(25)28-12-16)30-20-13-27-19-4-2-15(11-26)9-18(19)24(20)31/h2-5,9,12-14,17H,6-8,10H2,1H3,(H,29,32)/t14-,17-/m1/s1. The van der Waals surface area contributed by atoms with Crippen LogP contribution in [-0.4, -0.2) is 38.1 Å². The van der Waals surface area contributed by atoms with E-state index in [9.17, 15) is 14.4 Å². The molecule has 166 valence electrons. The van der Waals surface area contributed by atoms with Gasteiger partial charge in [-0.05, 0) is 50.1 Å². The smallest absolute Gasteiger partial charge is 0.232 e. The number of carbonyl (C=O) groups excluding carboxylic acids is 1. The molecule has 1 aromatic carbocycles. The number of hydrogen-bond donors (Lipinski definition) is 1. The molecule has 9 heteroatoms. The van der Waals surface area contributed by atoms with Crippen molar-refractivity contribution >= 4 is 33.5 Å². The second-order valence-electron chi connectivity index (χ2n) is 8.19. The van der Waals surface area contributed by atoms with Crippen LogP contribution in [0.4, 0.5) is 10.1 Å². The van der Waals surface area contributed by atoms with E-state index in [1.165, 1.54) is 18.3 Å². The van der Waals surface area contributed by atoms with Gasteiger partial charge in [-0.1, -0.05) is 0 Å². The average molecular weight is 444 g/mol. The maximum absolute atomic E-state index is 13.1. The number of nitrogens with zero attached hydrogens (tertiary/aromatic N) is 5. The van der Waals surface area contributed by atoms with E-state index in [1.807, 2.05) is 19.1 Å². The zero-order valence-electron chi connectivity index (χ0n) is 18.0. The van der Waals surface area contributed by atoms with Crippen LogP contribution in [0, 0.1) is 17.3 Å². The van der Waals surface area contributed by atoms with Crippen LogP contribution < -0.4 is 5.32 Å². The first-order valence-electron chi connectivity index (χ1n) is 10.7. The SMILES string of the molecule is C[C@@H]1C[C@H](n2c(CC(=O)Nc3ccc(F)nc3)nc3cnc4ccc(C#N)cc4c32)CCO1. The number of imidazole rings is 1. The largest absolute Gasteiger partial charge is 0.378 e. The topological polar surface area (TPSA) is 106 Å². The summed E-state index contributed by atoms with van der Waals surface area (Å²) in [6.07, 6.45) is 4.65.